The van der Waals surface area contributed by atoms with Crippen LogP contribution in [-0.2, 0) is 0 Å². The summed E-state index contributed by atoms with van der Waals surface area (Å²) in [7, 11) is 0. The first-order chi connectivity index (χ1) is 14.1. The van der Waals surface area contributed by atoms with E-state index in [0.717, 1.165) is 48.9 Å². The first-order valence-corrected chi connectivity index (χ1v) is 12.9. The number of hydrogen-bond acceptors (Lipinski definition) is 3. The summed E-state index contributed by atoms with van der Waals surface area (Å²) in [6.45, 7) is 10.0. The number of rotatable bonds is 6. The van der Waals surface area contributed by atoms with Gasteiger partial charge in [-0.2, -0.15) is 0 Å². The average Bonchev–Trinajstić information content (AvgIpc) is 3.05. The van der Waals surface area contributed by atoms with Crippen molar-refractivity contribution in [1.29, 1.82) is 0 Å². The summed E-state index contributed by atoms with van der Waals surface area (Å²) >= 11 is 0. The molecule has 0 spiro atoms. The van der Waals surface area contributed by atoms with E-state index < -0.39 is 5.79 Å². The maximum Gasteiger partial charge on any atom is 0.166 e. The van der Waals surface area contributed by atoms with E-state index in [1.165, 1.54) is 44.1 Å². The molecule has 4 rings (SSSR count). The summed E-state index contributed by atoms with van der Waals surface area (Å²) in [6, 6.07) is 0. The second-order valence-electron chi connectivity index (χ2n) is 12.3. The summed E-state index contributed by atoms with van der Waals surface area (Å²) in [6.07, 6.45) is 14.7. The lowest BCUT2D eigenvalue weighted by Gasteiger charge is -2.59. The second-order valence-corrected chi connectivity index (χ2v) is 12.3. The van der Waals surface area contributed by atoms with Crippen molar-refractivity contribution in [3.8, 4) is 0 Å². The molecule has 0 heterocycles. The molecule has 3 fully saturated rings. The lowest BCUT2D eigenvalue weighted by atomic mass is 9.46. The summed E-state index contributed by atoms with van der Waals surface area (Å²) in [5.41, 5.74) is 2.00. The molecule has 0 bridgehead atoms. The summed E-state index contributed by atoms with van der Waals surface area (Å²) < 4.78 is 0. The van der Waals surface area contributed by atoms with Crippen molar-refractivity contribution in [3.63, 3.8) is 0 Å². The van der Waals surface area contributed by atoms with Crippen LogP contribution in [0.2, 0.25) is 0 Å². The van der Waals surface area contributed by atoms with Crippen LogP contribution in [0.25, 0.3) is 0 Å². The van der Waals surface area contributed by atoms with Crippen molar-refractivity contribution in [2.45, 2.75) is 104 Å². The zero-order valence-electron chi connectivity index (χ0n) is 19.9. The van der Waals surface area contributed by atoms with Gasteiger partial charge in [0.1, 0.15) is 0 Å². The molecule has 3 heteroatoms. The van der Waals surface area contributed by atoms with Gasteiger partial charge in [-0.1, -0.05) is 52.2 Å². The predicted molar refractivity (Wildman–Crippen MR) is 122 cm³/mol. The second kappa shape index (κ2) is 8.19. The van der Waals surface area contributed by atoms with Crippen molar-refractivity contribution >= 4 is 0 Å². The maximum absolute atomic E-state index is 10.2. The van der Waals surface area contributed by atoms with E-state index in [9.17, 15) is 15.3 Å². The summed E-state index contributed by atoms with van der Waals surface area (Å²) in [5, 5.41) is 29.8. The Bertz CT molecular complexity index is 654. The van der Waals surface area contributed by atoms with E-state index in [0.29, 0.717) is 30.8 Å². The molecule has 0 aliphatic heterocycles. The van der Waals surface area contributed by atoms with Crippen LogP contribution in [0.15, 0.2) is 11.6 Å². The molecule has 0 aromatic carbocycles. The number of hydrogen-bond donors (Lipinski definition) is 3. The number of aliphatic hydroxyl groups is 3. The van der Waals surface area contributed by atoms with Gasteiger partial charge >= 0.3 is 0 Å². The SMILES string of the molecule is CC(CO)CCC[C@@H](C)[C@H]1CC[C@H]2[C@@H]3CC=C4CC(O)(O)CC[C@]4(C)[C@H]3CC[C@]12C. The highest BCUT2D eigenvalue weighted by molar-refractivity contribution is 5.26. The van der Waals surface area contributed by atoms with Gasteiger partial charge in [-0.25, -0.2) is 0 Å². The Balaban J connectivity index is 1.47. The highest BCUT2D eigenvalue weighted by atomic mass is 16.5. The van der Waals surface area contributed by atoms with E-state index in [-0.39, 0.29) is 5.41 Å². The molecule has 0 aromatic heterocycles. The largest absolute Gasteiger partial charge is 0.396 e. The van der Waals surface area contributed by atoms with E-state index in [4.69, 9.17) is 0 Å². The lowest BCUT2D eigenvalue weighted by Crippen LogP contribution is -2.52. The minimum Gasteiger partial charge on any atom is -0.396 e. The third kappa shape index (κ3) is 3.82. The molecule has 3 N–H and O–H groups in total. The zero-order valence-corrected chi connectivity index (χ0v) is 19.9. The highest BCUT2D eigenvalue weighted by Gasteiger charge is 2.59. The fourth-order valence-electron chi connectivity index (χ4n) is 8.69. The molecule has 0 radical (unpaired) electrons. The van der Waals surface area contributed by atoms with E-state index in [2.05, 4.69) is 33.8 Å². The van der Waals surface area contributed by atoms with Crippen LogP contribution < -0.4 is 0 Å². The maximum atomic E-state index is 10.2. The Morgan fingerprint density at radius 2 is 1.77 bits per heavy atom. The van der Waals surface area contributed by atoms with Crippen LogP contribution in [0.3, 0.4) is 0 Å². The Hall–Kier alpha value is -0.380. The fourth-order valence-corrected chi connectivity index (χ4v) is 8.69. The third-order valence-corrected chi connectivity index (χ3v) is 10.6. The molecule has 1 unspecified atom stereocenters. The van der Waals surface area contributed by atoms with Crippen LogP contribution in [0, 0.1) is 46.3 Å². The first-order valence-electron chi connectivity index (χ1n) is 12.9. The number of aliphatic hydroxyl groups excluding tert-OH is 1. The predicted octanol–water partition coefficient (Wildman–Crippen LogP) is 5.68. The third-order valence-electron chi connectivity index (χ3n) is 10.6. The van der Waals surface area contributed by atoms with Gasteiger partial charge in [-0.15, -0.1) is 0 Å². The number of allylic oxidation sites excluding steroid dienone is 1. The van der Waals surface area contributed by atoms with Gasteiger partial charge in [-0.05, 0) is 91.3 Å². The molecule has 3 saturated carbocycles. The molecule has 30 heavy (non-hydrogen) atoms. The van der Waals surface area contributed by atoms with Gasteiger partial charge in [0.15, 0.2) is 5.79 Å². The van der Waals surface area contributed by atoms with Gasteiger partial charge in [-0.3, -0.25) is 0 Å². The summed E-state index contributed by atoms with van der Waals surface area (Å²) in [4.78, 5) is 0. The van der Waals surface area contributed by atoms with Crippen molar-refractivity contribution in [1.82, 2.24) is 0 Å². The molecular weight excluding hydrogens is 372 g/mol. The van der Waals surface area contributed by atoms with E-state index in [1.807, 2.05) is 0 Å². The van der Waals surface area contributed by atoms with Gasteiger partial charge < -0.3 is 15.3 Å². The van der Waals surface area contributed by atoms with Crippen LogP contribution in [-0.4, -0.2) is 27.7 Å². The van der Waals surface area contributed by atoms with Gasteiger partial charge in [0.25, 0.3) is 0 Å². The van der Waals surface area contributed by atoms with Gasteiger partial charge in [0.05, 0.1) is 0 Å². The van der Waals surface area contributed by atoms with Crippen LogP contribution in [0.5, 0.6) is 0 Å². The molecule has 8 atom stereocenters. The van der Waals surface area contributed by atoms with Crippen LogP contribution in [0.1, 0.15) is 98.3 Å². The molecule has 0 saturated heterocycles. The van der Waals surface area contributed by atoms with Gasteiger partial charge in [0, 0.05) is 19.4 Å². The van der Waals surface area contributed by atoms with Gasteiger partial charge in [0.2, 0.25) is 0 Å². The zero-order chi connectivity index (χ0) is 21.7. The first kappa shape index (κ1) is 22.8. The summed E-state index contributed by atoms with van der Waals surface area (Å²) in [5.74, 6) is 2.94. The van der Waals surface area contributed by atoms with Crippen molar-refractivity contribution in [2.24, 2.45) is 46.3 Å². The fraction of sp³-hybridized carbons (Fsp3) is 0.926. The van der Waals surface area contributed by atoms with E-state index in [1.54, 1.807) is 0 Å². The molecule has 0 aromatic rings. The van der Waals surface area contributed by atoms with Crippen LogP contribution >= 0.6 is 0 Å². The highest BCUT2D eigenvalue weighted by Crippen LogP contribution is 2.67. The monoisotopic (exact) mass is 418 g/mol. The van der Waals surface area contributed by atoms with Crippen molar-refractivity contribution < 1.29 is 15.3 Å². The molecule has 4 aliphatic carbocycles. The molecule has 0 amide bonds. The standard InChI is InChI=1S/C27H46O3/c1-18(17-28)6-5-7-19(2)22-10-11-23-21-9-8-20-16-27(29,30)15-14-25(20,3)24(21)12-13-26(22,23)4/h8,18-19,21-24,28-30H,5-7,9-17H2,1-4H3/t18?,19-,21+,22-,23+,24+,25+,26-/m1/s1. The Morgan fingerprint density at radius 1 is 1.00 bits per heavy atom. The Kier molecular flexibility index (Phi) is 6.23. The molecule has 172 valence electrons. The molecule has 3 nitrogen and oxygen atoms in total. The quantitative estimate of drug-likeness (QED) is 0.384. The Morgan fingerprint density at radius 3 is 2.50 bits per heavy atom. The van der Waals surface area contributed by atoms with Crippen LogP contribution in [0.4, 0.5) is 0 Å². The normalized spacial score (nSPS) is 44.4. The smallest absolute Gasteiger partial charge is 0.166 e. The topological polar surface area (TPSA) is 60.7 Å². The molecule has 4 aliphatic rings. The number of fused-ring (bicyclic) bond motifs is 5. The lowest BCUT2D eigenvalue weighted by molar-refractivity contribution is -0.189. The minimum atomic E-state index is -1.48. The van der Waals surface area contributed by atoms with E-state index >= 15 is 0 Å². The molecular formula is C27H46O3. The van der Waals surface area contributed by atoms with Crippen molar-refractivity contribution in [3.05, 3.63) is 11.6 Å². The average molecular weight is 419 g/mol. The minimum absolute atomic E-state index is 0.184. The Labute approximate surface area is 184 Å². The van der Waals surface area contributed by atoms with Crippen molar-refractivity contribution in [2.75, 3.05) is 6.61 Å².